The first-order valence-corrected chi connectivity index (χ1v) is 9.24. The van der Waals surface area contributed by atoms with Gasteiger partial charge >= 0.3 is 0 Å². The molecule has 2 heterocycles. The van der Waals surface area contributed by atoms with Crippen molar-refractivity contribution >= 4 is 49.5 Å². The van der Waals surface area contributed by atoms with Crippen LogP contribution in [0.1, 0.15) is 10.4 Å². The standard InChI is InChI=1S/C11H11ClN4O2S3/c1-7-2-3-9(19-7)21(17,18)15-5-4-14-11-8(6-13)10(12)16-20-11/h2-3,14-15H,4-5H2,1H3. The number of halogens is 1. The molecular weight excluding hydrogens is 352 g/mol. The molecule has 112 valence electrons. The Kier molecular flexibility index (Phi) is 5.18. The van der Waals surface area contributed by atoms with Gasteiger partial charge in [-0.25, -0.2) is 13.1 Å². The number of nitriles is 1. The lowest BCUT2D eigenvalue weighted by Crippen LogP contribution is -2.28. The first kappa shape index (κ1) is 16.2. The highest BCUT2D eigenvalue weighted by Gasteiger charge is 2.16. The fourth-order valence-electron chi connectivity index (χ4n) is 1.48. The van der Waals surface area contributed by atoms with Crippen LogP contribution >= 0.6 is 34.5 Å². The number of aromatic nitrogens is 1. The van der Waals surface area contributed by atoms with Crippen molar-refractivity contribution < 1.29 is 8.42 Å². The molecule has 2 N–H and O–H groups in total. The van der Waals surface area contributed by atoms with Gasteiger partial charge in [-0.3, -0.25) is 0 Å². The van der Waals surface area contributed by atoms with Crippen LogP contribution < -0.4 is 10.0 Å². The van der Waals surface area contributed by atoms with E-state index < -0.39 is 10.0 Å². The number of aryl methyl sites for hydroxylation is 1. The lowest BCUT2D eigenvalue weighted by atomic mass is 10.4. The fraction of sp³-hybridized carbons (Fsp3) is 0.273. The Hall–Kier alpha value is -1.18. The smallest absolute Gasteiger partial charge is 0.250 e. The third-order valence-electron chi connectivity index (χ3n) is 2.45. The molecule has 10 heteroatoms. The van der Waals surface area contributed by atoms with Gasteiger partial charge < -0.3 is 5.32 Å². The highest BCUT2D eigenvalue weighted by molar-refractivity contribution is 7.91. The number of hydrogen-bond donors (Lipinski definition) is 2. The normalized spacial score (nSPS) is 11.3. The number of nitrogens with zero attached hydrogens (tertiary/aromatic N) is 2. The quantitative estimate of drug-likeness (QED) is 0.769. The van der Waals surface area contributed by atoms with Crippen LogP contribution in [0.25, 0.3) is 0 Å². The largest absolute Gasteiger partial charge is 0.373 e. The second kappa shape index (κ2) is 6.72. The van der Waals surface area contributed by atoms with Gasteiger partial charge in [0.05, 0.1) is 0 Å². The van der Waals surface area contributed by atoms with Gasteiger partial charge in [0, 0.05) is 18.0 Å². The maximum absolute atomic E-state index is 12.0. The monoisotopic (exact) mass is 362 g/mol. The van der Waals surface area contributed by atoms with Crippen molar-refractivity contribution in [3.05, 3.63) is 27.7 Å². The van der Waals surface area contributed by atoms with E-state index in [0.29, 0.717) is 15.8 Å². The summed E-state index contributed by atoms with van der Waals surface area (Å²) in [6, 6.07) is 5.28. The minimum Gasteiger partial charge on any atom is -0.373 e. The molecule has 0 fully saturated rings. The second-order valence-electron chi connectivity index (χ2n) is 3.98. The SMILES string of the molecule is Cc1ccc(S(=O)(=O)NCCNc2snc(Cl)c2C#N)s1. The van der Waals surface area contributed by atoms with Crippen molar-refractivity contribution in [3.63, 3.8) is 0 Å². The molecule has 0 atom stereocenters. The molecule has 0 spiro atoms. The summed E-state index contributed by atoms with van der Waals surface area (Å²) in [6.07, 6.45) is 0. The van der Waals surface area contributed by atoms with Crippen LogP contribution in [0.5, 0.6) is 0 Å². The summed E-state index contributed by atoms with van der Waals surface area (Å²) < 4.78 is 30.6. The summed E-state index contributed by atoms with van der Waals surface area (Å²) in [7, 11) is -3.48. The molecular formula is C11H11ClN4O2S3. The predicted octanol–water partition coefficient (Wildman–Crippen LogP) is 2.43. The molecule has 0 amide bonds. The van der Waals surface area contributed by atoms with Crippen LogP contribution in [0.3, 0.4) is 0 Å². The van der Waals surface area contributed by atoms with Gasteiger partial charge in [-0.15, -0.1) is 11.3 Å². The molecule has 0 aromatic carbocycles. The van der Waals surface area contributed by atoms with Gasteiger partial charge in [0.2, 0.25) is 10.0 Å². The number of thiophene rings is 1. The van der Waals surface area contributed by atoms with Crippen LogP contribution in [0.4, 0.5) is 5.00 Å². The second-order valence-corrected chi connectivity index (χ2v) is 8.39. The molecule has 0 aliphatic heterocycles. The number of nitrogens with one attached hydrogen (secondary N) is 2. The Morgan fingerprint density at radius 1 is 1.43 bits per heavy atom. The van der Waals surface area contributed by atoms with Crippen LogP contribution in [0.15, 0.2) is 16.3 Å². The van der Waals surface area contributed by atoms with E-state index in [1.807, 2.05) is 13.0 Å². The van der Waals surface area contributed by atoms with E-state index in [9.17, 15) is 8.42 Å². The molecule has 6 nitrogen and oxygen atoms in total. The van der Waals surface area contributed by atoms with E-state index in [2.05, 4.69) is 14.4 Å². The molecule has 0 saturated heterocycles. The summed E-state index contributed by atoms with van der Waals surface area (Å²) in [4.78, 5) is 0.937. The molecule has 0 saturated carbocycles. The van der Waals surface area contributed by atoms with E-state index in [4.69, 9.17) is 16.9 Å². The average molecular weight is 363 g/mol. The molecule has 2 aromatic rings. The van der Waals surface area contributed by atoms with Gasteiger partial charge in [0.25, 0.3) is 0 Å². The zero-order chi connectivity index (χ0) is 15.5. The Labute approximate surface area is 135 Å². The highest BCUT2D eigenvalue weighted by Crippen LogP contribution is 2.27. The van der Waals surface area contributed by atoms with E-state index in [0.717, 1.165) is 16.4 Å². The molecule has 0 radical (unpaired) electrons. The van der Waals surface area contributed by atoms with Gasteiger partial charge in [-0.05, 0) is 30.6 Å². The van der Waals surface area contributed by atoms with E-state index >= 15 is 0 Å². The minimum absolute atomic E-state index is 0.152. The maximum Gasteiger partial charge on any atom is 0.250 e. The Morgan fingerprint density at radius 2 is 2.19 bits per heavy atom. The van der Waals surface area contributed by atoms with Crippen LogP contribution in [-0.2, 0) is 10.0 Å². The number of rotatable bonds is 6. The number of sulfonamides is 1. The maximum atomic E-state index is 12.0. The number of anilines is 1. The first-order chi connectivity index (χ1) is 9.94. The van der Waals surface area contributed by atoms with Gasteiger partial charge in [-0.1, -0.05) is 11.6 Å². The summed E-state index contributed by atoms with van der Waals surface area (Å²) in [6.45, 7) is 2.37. The predicted molar refractivity (Wildman–Crippen MR) is 84.6 cm³/mol. The molecule has 0 aliphatic rings. The molecule has 0 unspecified atom stereocenters. The summed E-state index contributed by atoms with van der Waals surface area (Å²) in [5, 5.41) is 12.5. The van der Waals surface area contributed by atoms with E-state index in [1.54, 1.807) is 12.1 Å². The minimum atomic E-state index is -3.48. The third-order valence-corrected chi connectivity index (χ3v) is 6.58. The third kappa shape index (κ3) is 3.93. The van der Waals surface area contributed by atoms with Crippen molar-refractivity contribution in [2.75, 3.05) is 18.4 Å². The van der Waals surface area contributed by atoms with E-state index in [-0.39, 0.29) is 17.3 Å². The summed E-state index contributed by atoms with van der Waals surface area (Å²) >= 11 is 8.03. The lowest BCUT2D eigenvalue weighted by Gasteiger charge is -2.06. The fourth-order valence-corrected chi connectivity index (χ4v) is 4.80. The zero-order valence-corrected chi connectivity index (χ0v) is 14.1. The van der Waals surface area contributed by atoms with Crippen molar-refractivity contribution in [1.29, 1.82) is 5.26 Å². The topological polar surface area (TPSA) is 94.9 Å². The number of hydrogen-bond acceptors (Lipinski definition) is 7. The van der Waals surface area contributed by atoms with Gasteiger partial charge in [0.1, 0.15) is 20.8 Å². The zero-order valence-electron chi connectivity index (χ0n) is 10.9. The molecule has 2 aromatic heterocycles. The van der Waals surface area contributed by atoms with Gasteiger partial charge in [0.15, 0.2) is 5.15 Å². The molecule has 0 aliphatic carbocycles. The first-order valence-electron chi connectivity index (χ1n) is 5.79. The molecule has 0 bridgehead atoms. The van der Waals surface area contributed by atoms with Crippen molar-refractivity contribution in [2.45, 2.75) is 11.1 Å². The van der Waals surface area contributed by atoms with Crippen molar-refractivity contribution in [1.82, 2.24) is 9.10 Å². The summed E-state index contributed by atoms with van der Waals surface area (Å²) in [5.74, 6) is 0. The van der Waals surface area contributed by atoms with E-state index in [1.165, 1.54) is 11.3 Å². The van der Waals surface area contributed by atoms with Crippen molar-refractivity contribution in [3.8, 4) is 6.07 Å². The average Bonchev–Trinajstić information content (AvgIpc) is 3.01. The van der Waals surface area contributed by atoms with Crippen LogP contribution in [0.2, 0.25) is 5.15 Å². The Balaban J connectivity index is 1.89. The summed E-state index contributed by atoms with van der Waals surface area (Å²) in [5.41, 5.74) is 0.276. The van der Waals surface area contributed by atoms with Crippen LogP contribution in [-0.4, -0.2) is 25.9 Å². The molecule has 2 rings (SSSR count). The lowest BCUT2D eigenvalue weighted by molar-refractivity contribution is 0.585. The van der Waals surface area contributed by atoms with Crippen LogP contribution in [0, 0.1) is 18.3 Å². The van der Waals surface area contributed by atoms with Gasteiger partial charge in [-0.2, -0.15) is 9.64 Å². The molecule has 21 heavy (non-hydrogen) atoms. The Bertz CT molecular complexity index is 776. The Morgan fingerprint density at radius 3 is 2.81 bits per heavy atom. The van der Waals surface area contributed by atoms with Crippen molar-refractivity contribution in [2.24, 2.45) is 0 Å². The highest BCUT2D eigenvalue weighted by atomic mass is 35.5.